The molecule has 0 heterocycles. The van der Waals surface area contributed by atoms with Gasteiger partial charge in [0, 0.05) is 0 Å². The minimum absolute atomic E-state index is 0.0950. The lowest BCUT2D eigenvalue weighted by Crippen LogP contribution is -2.36. The van der Waals surface area contributed by atoms with Gasteiger partial charge in [0.2, 0.25) is 5.91 Å². The average Bonchev–Trinajstić information content (AvgIpc) is 2.29. The van der Waals surface area contributed by atoms with Gasteiger partial charge in [0.1, 0.15) is 0 Å². The van der Waals surface area contributed by atoms with Crippen LogP contribution in [-0.4, -0.2) is 19.2 Å². The van der Waals surface area contributed by atoms with Crippen molar-refractivity contribution < 1.29 is 13.2 Å². The first-order valence-corrected chi connectivity index (χ1v) is 8.04. The number of aryl methyl sites for hydroxylation is 1. The van der Waals surface area contributed by atoms with E-state index < -0.39 is 20.8 Å². The van der Waals surface area contributed by atoms with E-state index in [1.165, 1.54) is 12.1 Å². The molecule has 1 atom stereocenters. The first kappa shape index (κ1) is 15.2. The number of nitrogens with one attached hydrogen (secondary N) is 1. The maximum atomic E-state index is 11.9. The molecule has 0 aliphatic rings. The molecule has 100 valence electrons. The number of rotatable bonds is 5. The van der Waals surface area contributed by atoms with E-state index in [0.717, 1.165) is 12.0 Å². The molecule has 0 spiro atoms. The maximum Gasteiger partial charge on any atom is 0.264 e. The molecule has 0 aliphatic heterocycles. The molecule has 0 aromatic heterocycles. The largest absolute Gasteiger partial charge is 0.273 e. The third kappa shape index (κ3) is 4.10. The van der Waals surface area contributed by atoms with E-state index in [9.17, 15) is 13.2 Å². The second kappa shape index (κ2) is 6.33. The smallest absolute Gasteiger partial charge is 0.264 e. The third-order valence-electron chi connectivity index (χ3n) is 2.39. The van der Waals surface area contributed by atoms with Crippen LogP contribution in [-0.2, 0) is 14.8 Å². The van der Waals surface area contributed by atoms with Gasteiger partial charge in [-0.3, -0.25) is 4.79 Å². The van der Waals surface area contributed by atoms with Crippen LogP contribution >= 0.6 is 15.9 Å². The van der Waals surface area contributed by atoms with E-state index in [4.69, 9.17) is 0 Å². The fourth-order valence-corrected chi connectivity index (χ4v) is 3.10. The van der Waals surface area contributed by atoms with E-state index in [2.05, 4.69) is 20.7 Å². The monoisotopic (exact) mass is 333 g/mol. The number of hydrogen-bond acceptors (Lipinski definition) is 3. The number of hydrogen-bond donors (Lipinski definition) is 1. The van der Waals surface area contributed by atoms with Crippen molar-refractivity contribution >= 4 is 31.9 Å². The van der Waals surface area contributed by atoms with E-state index in [1.54, 1.807) is 12.1 Å². The van der Waals surface area contributed by atoms with Crippen molar-refractivity contribution in [1.82, 2.24) is 4.72 Å². The molecule has 1 amide bonds. The second-order valence-electron chi connectivity index (χ2n) is 4.04. The van der Waals surface area contributed by atoms with Crippen LogP contribution in [0.5, 0.6) is 0 Å². The fourth-order valence-electron chi connectivity index (χ4n) is 1.36. The highest BCUT2D eigenvalue weighted by Crippen LogP contribution is 2.12. The Morgan fingerprint density at radius 3 is 2.39 bits per heavy atom. The molecule has 1 rings (SSSR count). The van der Waals surface area contributed by atoms with E-state index in [0.29, 0.717) is 6.42 Å². The van der Waals surface area contributed by atoms with Crippen LogP contribution in [0.25, 0.3) is 0 Å². The standard InChI is InChI=1S/C12H16BrNO3S/c1-3-4-11(13)12(15)14-18(16,17)10-7-5-9(2)6-8-10/h5-8,11H,3-4H2,1-2H3,(H,14,15). The summed E-state index contributed by atoms with van der Waals surface area (Å²) < 4.78 is 25.9. The van der Waals surface area contributed by atoms with Crippen LogP contribution in [0.15, 0.2) is 29.2 Å². The predicted molar refractivity (Wildman–Crippen MR) is 74.1 cm³/mol. The SMILES string of the molecule is CCCC(Br)C(=O)NS(=O)(=O)c1ccc(C)cc1. The Kier molecular flexibility index (Phi) is 5.34. The lowest BCUT2D eigenvalue weighted by molar-refractivity contribution is -0.118. The zero-order valence-electron chi connectivity index (χ0n) is 10.3. The van der Waals surface area contributed by atoms with Gasteiger partial charge in [-0.15, -0.1) is 0 Å². The van der Waals surface area contributed by atoms with Crippen LogP contribution < -0.4 is 4.72 Å². The topological polar surface area (TPSA) is 63.2 Å². The van der Waals surface area contributed by atoms with Crippen molar-refractivity contribution in [2.24, 2.45) is 0 Å². The highest BCUT2D eigenvalue weighted by molar-refractivity contribution is 9.10. The molecule has 4 nitrogen and oxygen atoms in total. The number of alkyl halides is 1. The molecule has 0 saturated heterocycles. The minimum Gasteiger partial charge on any atom is -0.273 e. The minimum atomic E-state index is -3.77. The van der Waals surface area contributed by atoms with Gasteiger partial charge < -0.3 is 0 Å². The summed E-state index contributed by atoms with van der Waals surface area (Å²) in [5.74, 6) is -0.530. The Morgan fingerprint density at radius 1 is 1.33 bits per heavy atom. The van der Waals surface area contributed by atoms with Crippen LogP contribution in [0.4, 0.5) is 0 Å². The summed E-state index contributed by atoms with van der Waals surface area (Å²) in [5, 5.41) is 0. The van der Waals surface area contributed by atoms with Gasteiger partial charge in [-0.1, -0.05) is 47.0 Å². The molecular weight excluding hydrogens is 318 g/mol. The third-order valence-corrected chi connectivity index (χ3v) is 4.63. The number of amides is 1. The van der Waals surface area contributed by atoms with Crippen molar-refractivity contribution in [3.05, 3.63) is 29.8 Å². The number of carbonyl (C=O) groups is 1. The number of carbonyl (C=O) groups excluding carboxylic acids is 1. The van der Waals surface area contributed by atoms with Crippen molar-refractivity contribution in [2.45, 2.75) is 36.4 Å². The Balaban J connectivity index is 2.82. The first-order valence-electron chi connectivity index (χ1n) is 5.64. The molecule has 0 saturated carbocycles. The summed E-state index contributed by atoms with van der Waals surface area (Å²) in [4.78, 5) is 11.3. The number of benzene rings is 1. The highest BCUT2D eigenvalue weighted by atomic mass is 79.9. The van der Waals surface area contributed by atoms with E-state index in [-0.39, 0.29) is 4.90 Å². The van der Waals surface area contributed by atoms with Crippen LogP contribution in [0.3, 0.4) is 0 Å². The predicted octanol–water partition coefficient (Wildman–Crippen LogP) is 2.36. The van der Waals surface area contributed by atoms with E-state index >= 15 is 0 Å². The average molecular weight is 334 g/mol. The van der Waals surface area contributed by atoms with Crippen LogP contribution in [0.2, 0.25) is 0 Å². The summed E-state index contributed by atoms with van der Waals surface area (Å²) in [6.45, 7) is 3.79. The molecule has 0 bridgehead atoms. The van der Waals surface area contributed by atoms with Crippen LogP contribution in [0.1, 0.15) is 25.3 Å². The van der Waals surface area contributed by atoms with Gasteiger partial charge in [0.15, 0.2) is 0 Å². The normalized spacial score (nSPS) is 13.1. The van der Waals surface area contributed by atoms with Gasteiger partial charge >= 0.3 is 0 Å². The van der Waals surface area contributed by atoms with Gasteiger partial charge in [-0.05, 0) is 25.5 Å². The lowest BCUT2D eigenvalue weighted by Gasteiger charge is -2.10. The molecule has 1 aromatic carbocycles. The molecule has 18 heavy (non-hydrogen) atoms. The molecule has 0 aliphatic carbocycles. The van der Waals surface area contributed by atoms with Crippen LogP contribution in [0, 0.1) is 6.92 Å². The Morgan fingerprint density at radius 2 is 1.89 bits per heavy atom. The fraction of sp³-hybridized carbons (Fsp3) is 0.417. The molecule has 0 radical (unpaired) electrons. The van der Waals surface area contributed by atoms with E-state index in [1.807, 2.05) is 13.8 Å². The van der Waals surface area contributed by atoms with Gasteiger partial charge in [0.05, 0.1) is 9.72 Å². The Bertz CT molecular complexity index is 511. The van der Waals surface area contributed by atoms with Crippen molar-refractivity contribution in [3.8, 4) is 0 Å². The summed E-state index contributed by atoms with van der Waals surface area (Å²) in [6.07, 6.45) is 1.39. The lowest BCUT2D eigenvalue weighted by atomic mass is 10.2. The van der Waals surface area contributed by atoms with Gasteiger partial charge in [-0.25, -0.2) is 13.1 Å². The van der Waals surface area contributed by atoms with Gasteiger partial charge in [-0.2, -0.15) is 0 Å². The van der Waals surface area contributed by atoms with Crippen molar-refractivity contribution in [3.63, 3.8) is 0 Å². The summed E-state index contributed by atoms with van der Waals surface area (Å²) >= 11 is 3.16. The zero-order chi connectivity index (χ0) is 13.8. The number of sulfonamides is 1. The Labute approximate surface area is 116 Å². The first-order chi connectivity index (χ1) is 8.36. The molecule has 1 aromatic rings. The van der Waals surface area contributed by atoms with Crippen molar-refractivity contribution in [1.29, 1.82) is 0 Å². The molecule has 6 heteroatoms. The summed E-state index contributed by atoms with van der Waals surface area (Å²) in [7, 11) is -3.77. The maximum absolute atomic E-state index is 11.9. The Hall–Kier alpha value is -0.880. The second-order valence-corrected chi connectivity index (χ2v) is 6.83. The summed E-state index contributed by atoms with van der Waals surface area (Å²) in [6, 6.07) is 6.34. The van der Waals surface area contributed by atoms with Gasteiger partial charge in [0.25, 0.3) is 10.0 Å². The molecule has 1 unspecified atom stereocenters. The molecule has 0 fully saturated rings. The number of halogens is 1. The summed E-state index contributed by atoms with van der Waals surface area (Å²) in [5.41, 5.74) is 0.963. The van der Waals surface area contributed by atoms with Crippen molar-refractivity contribution in [2.75, 3.05) is 0 Å². The molecule has 1 N–H and O–H groups in total. The molecular formula is C12H16BrNO3S. The highest BCUT2D eigenvalue weighted by Gasteiger charge is 2.21. The zero-order valence-corrected chi connectivity index (χ0v) is 12.7. The quantitative estimate of drug-likeness (QED) is 0.841.